The third kappa shape index (κ3) is 5.93. The molecule has 9 heteroatoms. The largest absolute Gasteiger partial charge is 0.480 e. The van der Waals surface area contributed by atoms with Crippen LogP contribution in [0.4, 0.5) is 4.79 Å². The third-order valence-corrected chi connectivity index (χ3v) is 2.63. The van der Waals surface area contributed by atoms with Crippen molar-refractivity contribution in [3.8, 4) is 0 Å². The molecule has 0 bridgehead atoms. The van der Waals surface area contributed by atoms with Gasteiger partial charge in [-0.3, -0.25) is 4.79 Å². The molecule has 0 fully saturated rings. The van der Waals surface area contributed by atoms with E-state index < -0.39 is 23.9 Å². The van der Waals surface area contributed by atoms with Crippen LogP contribution in [0.1, 0.15) is 31.4 Å². The fourth-order valence-electron chi connectivity index (χ4n) is 1.50. The second kappa shape index (κ2) is 7.88. The Morgan fingerprint density at radius 1 is 1.48 bits per heavy atom. The number of aryl methyl sites for hydroxylation is 1. The number of carbonyl (C=O) groups is 3. The summed E-state index contributed by atoms with van der Waals surface area (Å²) in [6, 6.07) is -1.88. The van der Waals surface area contributed by atoms with E-state index in [1.807, 2.05) is 6.92 Å². The fraction of sp³-hybridized carbons (Fsp3) is 0.500. The average molecular weight is 298 g/mol. The van der Waals surface area contributed by atoms with E-state index in [9.17, 15) is 14.4 Å². The minimum atomic E-state index is -1.24. The molecule has 1 aromatic heterocycles. The topological polar surface area (TPSA) is 148 Å². The molecule has 1 rings (SSSR count). The van der Waals surface area contributed by atoms with Crippen LogP contribution < -0.4 is 16.4 Å². The molecule has 116 valence electrons. The number of nitrogens with one attached hydrogen (secondary N) is 2. The maximum Gasteiger partial charge on any atom is 0.326 e. The van der Waals surface area contributed by atoms with Gasteiger partial charge in [-0.1, -0.05) is 6.92 Å². The van der Waals surface area contributed by atoms with Gasteiger partial charge in [0.2, 0.25) is 11.8 Å². The molecule has 1 heterocycles. The highest BCUT2D eigenvalue weighted by Gasteiger charge is 2.20. The smallest absolute Gasteiger partial charge is 0.326 e. The summed E-state index contributed by atoms with van der Waals surface area (Å²) in [5, 5.41) is 13.6. The number of nitrogens with two attached hydrogens (primary N) is 1. The van der Waals surface area contributed by atoms with E-state index in [1.165, 1.54) is 0 Å². The number of hydrogen-bond acceptors (Lipinski definition) is 5. The van der Waals surface area contributed by atoms with Crippen molar-refractivity contribution >= 4 is 17.9 Å². The normalized spacial score (nSPS) is 11.7. The number of aliphatic carboxylic acids is 1. The molecule has 0 aliphatic rings. The second-order valence-electron chi connectivity index (χ2n) is 4.30. The summed E-state index contributed by atoms with van der Waals surface area (Å²) in [5.74, 6) is -0.853. The number of hydrogen-bond donors (Lipinski definition) is 4. The summed E-state index contributed by atoms with van der Waals surface area (Å²) in [6.07, 6.45) is 2.04. The lowest BCUT2D eigenvalue weighted by Crippen LogP contribution is -2.46. The Hall–Kier alpha value is -2.58. The second-order valence-corrected chi connectivity index (χ2v) is 4.30. The number of nitrogens with zero attached hydrogens (tertiary/aromatic N) is 1. The highest BCUT2D eigenvalue weighted by atomic mass is 16.4. The van der Waals surface area contributed by atoms with Crippen LogP contribution in [0.2, 0.25) is 0 Å². The van der Waals surface area contributed by atoms with E-state index in [-0.39, 0.29) is 19.4 Å². The molecule has 1 aromatic rings. The maximum atomic E-state index is 11.6. The van der Waals surface area contributed by atoms with Crippen molar-refractivity contribution in [1.29, 1.82) is 0 Å². The molecule has 0 aliphatic carbocycles. The first kappa shape index (κ1) is 16.5. The van der Waals surface area contributed by atoms with Gasteiger partial charge >= 0.3 is 12.0 Å². The number of aromatic nitrogens is 1. The molecule has 0 saturated heterocycles. The zero-order valence-electron chi connectivity index (χ0n) is 11.6. The molecule has 21 heavy (non-hydrogen) atoms. The standard InChI is InChI=1S/C12H18N4O5/c1-2-7-5-14-10(21-7)6-15-12(20)16-8(11(18)19)3-4-9(13)17/h5,8H,2-4,6H2,1H3,(H2,13,17)(H,18,19)(H2,15,16,20)/t8-/m1/s1. The quantitative estimate of drug-likeness (QED) is 0.520. The van der Waals surface area contributed by atoms with Gasteiger partial charge in [0.15, 0.2) is 0 Å². The summed E-state index contributed by atoms with van der Waals surface area (Å²) in [6.45, 7) is 1.94. The Morgan fingerprint density at radius 2 is 2.19 bits per heavy atom. The Morgan fingerprint density at radius 3 is 2.71 bits per heavy atom. The predicted octanol–water partition coefficient (Wildman–Crippen LogP) is -0.245. The van der Waals surface area contributed by atoms with Crippen molar-refractivity contribution in [3.05, 3.63) is 17.8 Å². The van der Waals surface area contributed by atoms with Crippen LogP contribution in [0.3, 0.4) is 0 Å². The molecule has 0 aromatic carbocycles. The zero-order valence-corrected chi connectivity index (χ0v) is 11.6. The zero-order chi connectivity index (χ0) is 15.8. The molecule has 1 atom stereocenters. The van der Waals surface area contributed by atoms with E-state index in [2.05, 4.69) is 15.6 Å². The van der Waals surface area contributed by atoms with Crippen LogP contribution in [0.25, 0.3) is 0 Å². The van der Waals surface area contributed by atoms with E-state index in [0.29, 0.717) is 18.1 Å². The number of urea groups is 1. The van der Waals surface area contributed by atoms with Gasteiger partial charge in [0.05, 0.1) is 12.7 Å². The Bertz CT molecular complexity index is 514. The van der Waals surface area contributed by atoms with Gasteiger partial charge in [-0.25, -0.2) is 14.6 Å². The van der Waals surface area contributed by atoms with Crippen molar-refractivity contribution in [1.82, 2.24) is 15.6 Å². The maximum absolute atomic E-state index is 11.6. The predicted molar refractivity (Wildman–Crippen MR) is 71.1 cm³/mol. The molecular formula is C12H18N4O5. The fourth-order valence-corrected chi connectivity index (χ4v) is 1.50. The molecule has 0 saturated carbocycles. The molecule has 0 aliphatic heterocycles. The first-order valence-corrected chi connectivity index (χ1v) is 6.41. The lowest BCUT2D eigenvalue weighted by molar-refractivity contribution is -0.139. The summed E-state index contributed by atoms with van der Waals surface area (Å²) in [7, 11) is 0. The number of carboxylic acids is 1. The van der Waals surface area contributed by atoms with Crippen molar-refractivity contribution < 1.29 is 23.9 Å². The van der Waals surface area contributed by atoms with Crippen molar-refractivity contribution in [2.24, 2.45) is 5.73 Å². The first-order chi connectivity index (χ1) is 9.92. The van der Waals surface area contributed by atoms with Crippen molar-refractivity contribution in [2.45, 2.75) is 38.8 Å². The summed E-state index contributed by atoms with van der Waals surface area (Å²) in [4.78, 5) is 37.1. The molecule has 3 amide bonds. The van der Waals surface area contributed by atoms with Crippen LogP contribution in [0.15, 0.2) is 10.6 Å². The first-order valence-electron chi connectivity index (χ1n) is 6.41. The summed E-state index contributed by atoms with van der Waals surface area (Å²) >= 11 is 0. The summed E-state index contributed by atoms with van der Waals surface area (Å²) in [5.41, 5.74) is 4.94. The van der Waals surface area contributed by atoms with Gasteiger partial charge < -0.3 is 25.9 Å². The number of amides is 3. The number of carboxylic acid groups (broad SMARTS) is 1. The summed E-state index contributed by atoms with van der Waals surface area (Å²) < 4.78 is 5.28. The van der Waals surface area contributed by atoms with E-state index in [0.717, 1.165) is 0 Å². The van der Waals surface area contributed by atoms with Gasteiger partial charge in [-0.15, -0.1) is 0 Å². The third-order valence-electron chi connectivity index (χ3n) is 2.63. The molecule has 5 N–H and O–H groups in total. The highest BCUT2D eigenvalue weighted by Crippen LogP contribution is 2.03. The van der Waals surface area contributed by atoms with Crippen LogP contribution in [0.5, 0.6) is 0 Å². The van der Waals surface area contributed by atoms with Gasteiger partial charge in [0.25, 0.3) is 0 Å². The lowest BCUT2D eigenvalue weighted by Gasteiger charge is -2.13. The lowest BCUT2D eigenvalue weighted by atomic mass is 10.1. The molecule has 9 nitrogen and oxygen atoms in total. The van der Waals surface area contributed by atoms with Gasteiger partial charge in [-0.2, -0.15) is 0 Å². The average Bonchev–Trinajstić information content (AvgIpc) is 2.88. The van der Waals surface area contributed by atoms with E-state index in [4.69, 9.17) is 15.3 Å². The molecule has 0 unspecified atom stereocenters. The van der Waals surface area contributed by atoms with Crippen LogP contribution >= 0.6 is 0 Å². The Kier molecular flexibility index (Phi) is 6.18. The van der Waals surface area contributed by atoms with E-state index in [1.54, 1.807) is 6.20 Å². The Labute approximate surface area is 120 Å². The van der Waals surface area contributed by atoms with E-state index >= 15 is 0 Å². The molecule has 0 spiro atoms. The monoisotopic (exact) mass is 298 g/mol. The van der Waals surface area contributed by atoms with Gasteiger partial charge in [-0.05, 0) is 6.42 Å². The number of rotatable bonds is 8. The number of carbonyl (C=O) groups excluding carboxylic acids is 2. The minimum Gasteiger partial charge on any atom is -0.480 e. The van der Waals surface area contributed by atoms with Crippen molar-refractivity contribution in [2.75, 3.05) is 0 Å². The van der Waals surface area contributed by atoms with Gasteiger partial charge in [0, 0.05) is 12.8 Å². The van der Waals surface area contributed by atoms with Crippen LogP contribution in [-0.4, -0.2) is 34.0 Å². The molecular weight excluding hydrogens is 280 g/mol. The number of primary amides is 1. The van der Waals surface area contributed by atoms with Crippen molar-refractivity contribution in [3.63, 3.8) is 0 Å². The number of oxazole rings is 1. The highest BCUT2D eigenvalue weighted by molar-refractivity contribution is 5.83. The van der Waals surface area contributed by atoms with Gasteiger partial charge in [0.1, 0.15) is 11.8 Å². The Balaban J connectivity index is 2.42. The minimum absolute atomic E-state index is 0.0357. The van der Waals surface area contributed by atoms with Crippen LogP contribution in [-0.2, 0) is 22.6 Å². The van der Waals surface area contributed by atoms with Crippen LogP contribution in [0, 0.1) is 0 Å². The SMILES string of the molecule is CCc1cnc(CNC(=O)N[C@H](CCC(N)=O)C(=O)O)o1. The molecule has 0 radical (unpaired) electrons.